The van der Waals surface area contributed by atoms with E-state index in [0.717, 1.165) is 0 Å². The van der Waals surface area contributed by atoms with Crippen LogP contribution in [-0.4, -0.2) is 9.13 Å². The second-order valence-electron chi connectivity index (χ2n) is 14.5. The molecule has 0 aliphatic rings. The highest BCUT2D eigenvalue weighted by Crippen LogP contribution is 2.44. The summed E-state index contributed by atoms with van der Waals surface area (Å²) in [7, 11) is 0. The summed E-state index contributed by atoms with van der Waals surface area (Å²) in [6.07, 6.45) is 0. The number of benzene rings is 9. The number of rotatable bonds is 3. The second-order valence-corrected chi connectivity index (χ2v) is 16.7. The Morgan fingerprint density at radius 3 is 1.61 bits per heavy atom. The molecule has 0 fully saturated rings. The molecule has 9 aromatic carbocycles. The predicted octanol–water partition coefficient (Wildman–Crippen LogP) is 14.9. The molecule has 0 aliphatic carbocycles. The molecule has 54 heavy (non-hydrogen) atoms. The molecule has 0 spiro atoms. The summed E-state index contributed by atoms with van der Waals surface area (Å²) in [5.74, 6) is 0. The van der Waals surface area contributed by atoms with E-state index in [9.17, 15) is 0 Å². The summed E-state index contributed by atoms with van der Waals surface area (Å²) >= 11 is 3.74. The van der Waals surface area contributed by atoms with Gasteiger partial charge in [0.2, 0.25) is 0 Å². The Labute approximate surface area is 317 Å². The molecule has 13 aromatic rings. The Hall–Kier alpha value is -6.46. The largest absolute Gasteiger partial charge is 0.309 e. The Morgan fingerprint density at radius 2 is 0.870 bits per heavy atom. The third kappa shape index (κ3) is 3.88. The Balaban J connectivity index is 1.04. The van der Waals surface area contributed by atoms with E-state index in [0.29, 0.717) is 0 Å². The van der Waals surface area contributed by atoms with Crippen molar-refractivity contribution in [3.63, 3.8) is 0 Å². The summed E-state index contributed by atoms with van der Waals surface area (Å²) in [6.45, 7) is 0. The first kappa shape index (κ1) is 29.0. The van der Waals surface area contributed by atoms with E-state index in [1.54, 1.807) is 0 Å². The van der Waals surface area contributed by atoms with Gasteiger partial charge < -0.3 is 9.13 Å². The van der Waals surface area contributed by atoms with Crippen LogP contribution in [0.3, 0.4) is 0 Å². The first-order chi connectivity index (χ1) is 26.7. The molecular formula is C50H28N2S2. The van der Waals surface area contributed by atoms with Crippen LogP contribution in [0.2, 0.25) is 0 Å². The van der Waals surface area contributed by atoms with Crippen LogP contribution >= 0.6 is 22.7 Å². The minimum atomic E-state index is 1.19. The third-order valence-corrected chi connectivity index (χ3v) is 13.9. The number of para-hydroxylation sites is 1. The number of aromatic nitrogens is 2. The van der Waals surface area contributed by atoms with Crippen LogP contribution in [0, 0.1) is 0 Å². The minimum Gasteiger partial charge on any atom is -0.309 e. The molecule has 250 valence electrons. The van der Waals surface area contributed by atoms with E-state index < -0.39 is 0 Å². The molecule has 0 atom stereocenters. The van der Waals surface area contributed by atoms with Gasteiger partial charge in [-0.15, -0.1) is 22.7 Å². The van der Waals surface area contributed by atoms with Gasteiger partial charge in [-0.2, -0.15) is 0 Å². The Kier molecular flexibility index (Phi) is 5.69. The Bertz CT molecular complexity index is 3680. The van der Waals surface area contributed by atoms with Crippen molar-refractivity contribution in [1.82, 2.24) is 9.13 Å². The number of hydrogen-bond acceptors (Lipinski definition) is 2. The summed E-state index contributed by atoms with van der Waals surface area (Å²) in [4.78, 5) is 0. The highest BCUT2D eigenvalue weighted by Gasteiger charge is 2.20. The van der Waals surface area contributed by atoms with Crippen LogP contribution in [0.5, 0.6) is 0 Å². The standard InChI is InChI=1S/C50H28N2S2/c1-4-12-41-35(9-1)38-25-30(18-21-42(38)51(41)33-19-22-47-39(27-33)36-10-2-5-14-45(36)53-47)32-24-31-17-16-29-8-7-13-43-49(29)50(31)44(26-32)52(43)34-20-23-48-40(28-34)37-11-3-6-15-46(37)54-48/h1-28H. The van der Waals surface area contributed by atoms with Gasteiger partial charge in [-0.3, -0.25) is 0 Å². The predicted molar refractivity (Wildman–Crippen MR) is 235 cm³/mol. The molecular weight excluding hydrogens is 693 g/mol. The Morgan fingerprint density at radius 1 is 0.296 bits per heavy atom. The van der Waals surface area contributed by atoms with Gasteiger partial charge in [0.25, 0.3) is 0 Å². The topological polar surface area (TPSA) is 9.86 Å². The van der Waals surface area contributed by atoms with Crippen molar-refractivity contribution in [3.8, 4) is 22.5 Å². The fraction of sp³-hybridized carbons (Fsp3) is 0. The van der Waals surface area contributed by atoms with E-state index in [1.807, 2.05) is 22.7 Å². The van der Waals surface area contributed by atoms with E-state index in [1.165, 1.54) is 117 Å². The molecule has 0 aliphatic heterocycles. The zero-order valence-corrected chi connectivity index (χ0v) is 30.5. The smallest absolute Gasteiger partial charge is 0.0553 e. The summed E-state index contributed by atoms with van der Waals surface area (Å²) < 4.78 is 10.2. The maximum atomic E-state index is 2.49. The van der Waals surface area contributed by atoms with Crippen molar-refractivity contribution in [2.45, 2.75) is 0 Å². The van der Waals surface area contributed by atoms with Gasteiger partial charge in [0.1, 0.15) is 0 Å². The fourth-order valence-electron chi connectivity index (χ4n) is 9.28. The van der Waals surface area contributed by atoms with Gasteiger partial charge >= 0.3 is 0 Å². The molecule has 0 saturated carbocycles. The highest BCUT2D eigenvalue weighted by molar-refractivity contribution is 7.26. The van der Waals surface area contributed by atoms with Gasteiger partial charge in [0.05, 0.1) is 22.1 Å². The average molecular weight is 721 g/mol. The van der Waals surface area contributed by atoms with Crippen LogP contribution in [-0.2, 0) is 0 Å². The molecule has 4 heterocycles. The number of thiophene rings is 2. The van der Waals surface area contributed by atoms with Crippen molar-refractivity contribution in [2.75, 3.05) is 0 Å². The van der Waals surface area contributed by atoms with Gasteiger partial charge in [-0.25, -0.2) is 0 Å². The number of nitrogens with zero attached hydrogens (tertiary/aromatic N) is 2. The zero-order chi connectivity index (χ0) is 35.1. The van der Waals surface area contributed by atoms with Crippen LogP contribution in [0.15, 0.2) is 170 Å². The molecule has 13 rings (SSSR count). The summed E-state index contributed by atoms with van der Waals surface area (Å²) in [5, 5.41) is 13.0. The number of hydrogen-bond donors (Lipinski definition) is 0. The lowest BCUT2D eigenvalue weighted by Gasteiger charge is -2.11. The molecule has 0 amide bonds. The maximum absolute atomic E-state index is 2.49. The summed E-state index contributed by atoms with van der Waals surface area (Å²) in [6, 6.07) is 63.6. The molecule has 0 unspecified atom stereocenters. The van der Waals surface area contributed by atoms with Crippen LogP contribution in [0.4, 0.5) is 0 Å². The molecule has 0 bridgehead atoms. The average Bonchev–Trinajstić information content (AvgIpc) is 3.97. The van der Waals surface area contributed by atoms with Gasteiger partial charge in [0.15, 0.2) is 0 Å². The fourth-order valence-corrected chi connectivity index (χ4v) is 11.4. The lowest BCUT2D eigenvalue weighted by Crippen LogP contribution is -1.94. The molecule has 4 aromatic heterocycles. The maximum Gasteiger partial charge on any atom is 0.0553 e. The van der Waals surface area contributed by atoms with E-state index in [2.05, 4.69) is 179 Å². The minimum absolute atomic E-state index is 1.19. The lowest BCUT2D eigenvalue weighted by molar-refractivity contribution is 1.19. The third-order valence-electron chi connectivity index (χ3n) is 11.6. The van der Waals surface area contributed by atoms with Gasteiger partial charge in [-0.05, 0) is 107 Å². The van der Waals surface area contributed by atoms with E-state index >= 15 is 0 Å². The highest BCUT2D eigenvalue weighted by atomic mass is 32.1. The molecule has 0 N–H and O–H groups in total. The molecule has 2 nitrogen and oxygen atoms in total. The van der Waals surface area contributed by atoms with Crippen LogP contribution < -0.4 is 0 Å². The molecule has 4 heteroatoms. The van der Waals surface area contributed by atoms with Crippen molar-refractivity contribution in [1.29, 1.82) is 0 Å². The molecule has 0 radical (unpaired) electrons. The van der Waals surface area contributed by atoms with Crippen molar-refractivity contribution in [2.24, 2.45) is 0 Å². The lowest BCUT2D eigenvalue weighted by atomic mass is 9.96. The first-order valence-corrected chi connectivity index (χ1v) is 20.0. The van der Waals surface area contributed by atoms with Crippen LogP contribution in [0.1, 0.15) is 0 Å². The van der Waals surface area contributed by atoms with Gasteiger partial charge in [0, 0.05) is 73.3 Å². The van der Waals surface area contributed by atoms with E-state index in [4.69, 9.17) is 0 Å². The van der Waals surface area contributed by atoms with Crippen LogP contribution in [0.25, 0.3) is 117 Å². The van der Waals surface area contributed by atoms with Crippen molar-refractivity contribution < 1.29 is 0 Å². The monoisotopic (exact) mass is 720 g/mol. The van der Waals surface area contributed by atoms with Gasteiger partial charge in [-0.1, -0.05) is 84.9 Å². The molecule has 0 saturated heterocycles. The zero-order valence-electron chi connectivity index (χ0n) is 28.9. The van der Waals surface area contributed by atoms with Crippen molar-refractivity contribution in [3.05, 3.63) is 170 Å². The normalized spacial score (nSPS) is 12.4. The first-order valence-electron chi connectivity index (χ1n) is 18.4. The van der Waals surface area contributed by atoms with Crippen molar-refractivity contribution >= 4 is 117 Å². The SMILES string of the molecule is c1ccc2c(c1)sc1ccc(-n3c4ccccc4c4cc(-c5cc6ccc7cccc8c7c6c(c5)n8-c5ccc6sc7ccccc7c6c5)ccc43)cc12. The quantitative estimate of drug-likeness (QED) is 0.161. The van der Waals surface area contributed by atoms with E-state index in [-0.39, 0.29) is 0 Å². The number of fused-ring (bicyclic) bond motifs is 9. The summed E-state index contributed by atoms with van der Waals surface area (Å²) in [5.41, 5.74) is 9.76. The second kappa shape index (κ2) is 10.6.